The highest BCUT2D eigenvalue weighted by Gasteiger charge is 2.42. The van der Waals surface area contributed by atoms with E-state index in [1.807, 2.05) is 0 Å². The molecule has 0 radical (unpaired) electrons. The second-order valence-corrected chi connectivity index (χ2v) is 7.46. The maximum absolute atomic E-state index is 13.2. The first-order chi connectivity index (χ1) is 12.1. The van der Waals surface area contributed by atoms with Crippen LogP contribution in [0.15, 0.2) is 24.3 Å². The maximum atomic E-state index is 13.2. The smallest absolute Gasteiger partial charge is 0.231 e. The van der Waals surface area contributed by atoms with E-state index in [-0.39, 0.29) is 30.2 Å². The Labute approximate surface area is 175 Å². The Morgan fingerprint density at radius 2 is 1.74 bits per heavy atom. The van der Waals surface area contributed by atoms with Gasteiger partial charge in [-0.2, -0.15) is 0 Å². The number of hydrogen-bond acceptors (Lipinski definition) is 4. The van der Waals surface area contributed by atoms with Gasteiger partial charge in [-0.25, -0.2) is 0 Å². The summed E-state index contributed by atoms with van der Waals surface area (Å²) in [5, 5.41) is 3.36. The van der Waals surface area contributed by atoms with Crippen molar-refractivity contribution in [2.45, 2.75) is 26.3 Å². The van der Waals surface area contributed by atoms with Gasteiger partial charge < -0.3 is 15.0 Å². The number of halogens is 2. The lowest BCUT2D eigenvalue weighted by molar-refractivity contribution is -0.149. The van der Waals surface area contributed by atoms with Crippen molar-refractivity contribution >= 4 is 30.7 Å². The zero-order valence-electron chi connectivity index (χ0n) is 16.4. The molecule has 154 valence electrons. The largest absolute Gasteiger partial charge is 0.384 e. The van der Waals surface area contributed by atoms with Crippen LogP contribution in [-0.2, 0) is 16.1 Å². The molecule has 1 N–H and O–H groups in total. The van der Waals surface area contributed by atoms with Crippen LogP contribution in [0, 0.1) is 12.3 Å². The fourth-order valence-corrected chi connectivity index (χ4v) is 4.07. The molecule has 2 heterocycles. The number of piperazine rings is 1. The highest BCUT2D eigenvalue weighted by Crippen LogP contribution is 2.32. The molecule has 2 aliphatic heterocycles. The highest BCUT2D eigenvalue weighted by atomic mass is 35.5. The summed E-state index contributed by atoms with van der Waals surface area (Å²) in [6.45, 7) is 9.03. The van der Waals surface area contributed by atoms with E-state index in [4.69, 9.17) is 4.74 Å². The van der Waals surface area contributed by atoms with Crippen LogP contribution in [0.5, 0.6) is 0 Å². The van der Waals surface area contributed by atoms with Crippen LogP contribution in [0.4, 0.5) is 0 Å². The molecule has 0 bridgehead atoms. The topological polar surface area (TPSA) is 44.8 Å². The fraction of sp³-hybridized carbons (Fsp3) is 0.650. The maximum Gasteiger partial charge on any atom is 0.231 e. The third-order valence-electron chi connectivity index (χ3n) is 5.75. The van der Waals surface area contributed by atoms with Crippen molar-refractivity contribution in [2.24, 2.45) is 5.41 Å². The molecular formula is C20H33Cl2N3O2. The van der Waals surface area contributed by atoms with Crippen molar-refractivity contribution in [3.63, 3.8) is 0 Å². The number of amides is 1. The number of carbonyl (C=O) groups is 1. The summed E-state index contributed by atoms with van der Waals surface area (Å²) in [4.78, 5) is 17.7. The van der Waals surface area contributed by atoms with Gasteiger partial charge in [0.1, 0.15) is 0 Å². The number of aryl methyl sites for hydroxylation is 1. The van der Waals surface area contributed by atoms with Gasteiger partial charge in [-0.15, -0.1) is 24.8 Å². The summed E-state index contributed by atoms with van der Waals surface area (Å²) in [6, 6.07) is 8.56. The number of nitrogens with zero attached hydrogens (tertiary/aromatic N) is 2. The van der Waals surface area contributed by atoms with Crippen molar-refractivity contribution in [3.05, 3.63) is 35.4 Å². The van der Waals surface area contributed by atoms with Gasteiger partial charge in [0.05, 0.1) is 12.0 Å². The third-order valence-corrected chi connectivity index (χ3v) is 5.75. The van der Waals surface area contributed by atoms with Gasteiger partial charge in [-0.05, 0) is 44.0 Å². The molecule has 0 aromatic heterocycles. The SMILES string of the molecule is COCC1(C(=O)N2CCN(Cc3ccccc3C)CC2)CCNCC1.Cl.Cl. The summed E-state index contributed by atoms with van der Waals surface area (Å²) in [5.41, 5.74) is 2.41. The number of carbonyl (C=O) groups excluding carboxylic acids is 1. The average Bonchev–Trinajstić information content (AvgIpc) is 2.65. The van der Waals surface area contributed by atoms with Crippen LogP contribution >= 0.6 is 24.8 Å². The summed E-state index contributed by atoms with van der Waals surface area (Å²) in [6.07, 6.45) is 1.76. The molecular weight excluding hydrogens is 385 g/mol. The summed E-state index contributed by atoms with van der Waals surface area (Å²) >= 11 is 0. The van der Waals surface area contributed by atoms with E-state index in [9.17, 15) is 4.79 Å². The minimum atomic E-state index is -0.321. The molecule has 1 amide bonds. The van der Waals surface area contributed by atoms with Gasteiger partial charge >= 0.3 is 0 Å². The lowest BCUT2D eigenvalue weighted by atomic mass is 9.78. The normalized spacial score (nSPS) is 19.7. The van der Waals surface area contributed by atoms with Crippen molar-refractivity contribution < 1.29 is 9.53 Å². The number of benzene rings is 1. The van der Waals surface area contributed by atoms with E-state index >= 15 is 0 Å². The minimum Gasteiger partial charge on any atom is -0.384 e. The van der Waals surface area contributed by atoms with Crippen LogP contribution in [0.2, 0.25) is 0 Å². The van der Waals surface area contributed by atoms with Crippen LogP contribution < -0.4 is 5.32 Å². The first-order valence-corrected chi connectivity index (χ1v) is 9.40. The molecule has 2 saturated heterocycles. The molecule has 7 heteroatoms. The van der Waals surface area contributed by atoms with E-state index in [0.717, 1.165) is 58.7 Å². The molecule has 0 unspecified atom stereocenters. The van der Waals surface area contributed by atoms with Crippen molar-refractivity contribution in [3.8, 4) is 0 Å². The summed E-state index contributed by atoms with van der Waals surface area (Å²) < 4.78 is 5.42. The first-order valence-electron chi connectivity index (χ1n) is 9.40. The van der Waals surface area contributed by atoms with E-state index in [2.05, 4.69) is 46.3 Å². The van der Waals surface area contributed by atoms with Gasteiger partial charge in [0.25, 0.3) is 0 Å². The summed E-state index contributed by atoms with van der Waals surface area (Å²) in [7, 11) is 1.71. The average molecular weight is 418 g/mol. The number of rotatable bonds is 5. The lowest BCUT2D eigenvalue weighted by Crippen LogP contribution is -2.56. The van der Waals surface area contributed by atoms with Gasteiger partial charge in [0.15, 0.2) is 0 Å². The lowest BCUT2D eigenvalue weighted by Gasteiger charge is -2.42. The van der Waals surface area contributed by atoms with Crippen molar-refractivity contribution in [1.82, 2.24) is 15.1 Å². The minimum absolute atomic E-state index is 0. The third kappa shape index (κ3) is 5.81. The van der Waals surface area contributed by atoms with Crippen molar-refractivity contribution in [1.29, 1.82) is 0 Å². The molecule has 0 spiro atoms. The second-order valence-electron chi connectivity index (χ2n) is 7.46. The second kappa shape index (κ2) is 11.2. The van der Waals surface area contributed by atoms with E-state index in [1.165, 1.54) is 11.1 Å². The molecule has 1 aromatic rings. The molecule has 2 fully saturated rings. The number of piperidine rings is 1. The predicted octanol–water partition coefficient (Wildman–Crippen LogP) is 2.50. The zero-order chi connectivity index (χ0) is 17.7. The molecule has 27 heavy (non-hydrogen) atoms. The Morgan fingerprint density at radius 1 is 1.11 bits per heavy atom. The number of methoxy groups -OCH3 is 1. The molecule has 3 rings (SSSR count). The van der Waals surface area contributed by atoms with E-state index < -0.39 is 0 Å². The van der Waals surface area contributed by atoms with Gasteiger partial charge in [-0.3, -0.25) is 9.69 Å². The molecule has 5 nitrogen and oxygen atoms in total. The Bertz CT molecular complexity index is 581. The zero-order valence-corrected chi connectivity index (χ0v) is 18.0. The van der Waals surface area contributed by atoms with E-state index in [0.29, 0.717) is 12.5 Å². The first kappa shape index (κ1) is 24.2. The Hall–Kier alpha value is -0.850. The van der Waals surface area contributed by atoms with Crippen LogP contribution in [0.25, 0.3) is 0 Å². The fourth-order valence-electron chi connectivity index (χ4n) is 4.07. The number of ether oxygens (including phenoxy) is 1. The quantitative estimate of drug-likeness (QED) is 0.798. The molecule has 1 aromatic carbocycles. The van der Waals surface area contributed by atoms with Crippen LogP contribution in [0.1, 0.15) is 24.0 Å². The molecule has 0 aliphatic carbocycles. The Kier molecular flexibility index (Phi) is 10.1. The van der Waals surface area contributed by atoms with Gasteiger partial charge in [0, 0.05) is 39.8 Å². The number of hydrogen-bond donors (Lipinski definition) is 1. The van der Waals surface area contributed by atoms with Crippen LogP contribution in [0.3, 0.4) is 0 Å². The van der Waals surface area contributed by atoms with Crippen LogP contribution in [-0.4, -0.2) is 68.7 Å². The van der Waals surface area contributed by atoms with E-state index in [1.54, 1.807) is 7.11 Å². The molecule has 2 aliphatic rings. The molecule has 0 saturated carbocycles. The summed E-state index contributed by atoms with van der Waals surface area (Å²) in [5.74, 6) is 0.298. The van der Waals surface area contributed by atoms with Crippen molar-refractivity contribution in [2.75, 3.05) is 53.0 Å². The Balaban J connectivity index is 0.00000182. The number of nitrogens with one attached hydrogen (secondary N) is 1. The highest BCUT2D eigenvalue weighted by molar-refractivity contribution is 5.85. The predicted molar refractivity (Wildman–Crippen MR) is 114 cm³/mol. The Morgan fingerprint density at radius 3 is 2.33 bits per heavy atom. The van der Waals surface area contributed by atoms with Gasteiger partial charge in [0.2, 0.25) is 5.91 Å². The monoisotopic (exact) mass is 417 g/mol. The van der Waals surface area contributed by atoms with Gasteiger partial charge in [-0.1, -0.05) is 24.3 Å². The molecule has 0 atom stereocenters. The standard InChI is InChI=1S/C20H31N3O2.2ClH/c1-17-5-3-4-6-18(17)15-22-11-13-23(14-12-22)19(24)20(16-25-2)7-9-21-10-8-20;;/h3-6,21H,7-16H2,1-2H3;2*1H.